The van der Waals surface area contributed by atoms with Crippen molar-refractivity contribution < 1.29 is 14.3 Å². The Kier molecular flexibility index (Phi) is 4.42. The average Bonchev–Trinajstić information content (AvgIpc) is 2.52. The van der Waals surface area contributed by atoms with Crippen molar-refractivity contribution in [1.29, 1.82) is 5.26 Å². The highest BCUT2D eigenvalue weighted by molar-refractivity contribution is 5.98. The molecule has 0 spiro atoms. The number of nitrogens with zero attached hydrogens (tertiary/aromatic N) is 1. The minimum absolute atomic E-state index is 0.216. The molecular formula is C16H14N2O3. The standard InChI is InChI=1S/C16H14N2O3/c1-20-16(19)15-13(18)3-2-4-14(15)21-10-12-7-5-11(9-17)6-8-12/h2-8H,10,18H2,1H3. The Morgan fingerprint density at radius 3 is 2.57 bits per heavy atom. The van der Waals surface area contributed by atoms with Gasteiger partial charge in [0.15, 0.2) is 0 Å². The molecule has 0 aromatic heterocycles. The molecule has 2 N–H and O–H groups in total. The first kappa shape index (κ1) is 14.4. The maximum Gasteiger partial charge on any atom is 0.343 e. The number of hydrogen-bond acceptors (Lipinski definition) is 5. The maximum atomic E-state index is 11.7. The van der Waals surface area contributed by atoms with Gasteiger partial charge in [-0.15, -0.1) is 0 Å². The minimum Gasteiger partial charge on any atom is -0.488 e. The van der Waals surface area contributed by atoms with Gasteiger partial charge in [0, 0.05) is 5.69 Å². The Labute approximate surface area is 122 Å². The lowest BCUT2D eigenvalue weighted by atomic mass is 10.1. The summed E-state index contributed by atoms with van der Waals surface area (Å²) in [5, 5.41) is 8.75. The van der Waals surface area contributed by atoms with Gasteiger partial charge in [0.05, 0.1) is 18.7 Å². The predicted molar refractivity (Wildman–Crippen MR) is 77.7 cm³/mol. The van der Waals surface area contributed by atoms with Crippen LogP contribution in [0.2, 0.25) is 0 Å². The lowest BCUT2D eigenvalue weighted by Crippen LogP contribution is -2.09. The van der Waals surface area contributed by atoms with Crippen molar-refractivity contribution in [2.24, 2.45) is 0 Å². The summed E-state index contributed by atoms with van der Waals surface area (Å²) in [6.07, 6.45) is 0. The van der Waals surface area contributed by atoms with E-state index in [1.165, 1.54) is 7.11 Å². The number of esters is 1. The predicted octanol–water partition coefficient (Wildman–Crippen LogP) is 2.51. The third-order valence-corrected chi connectivity index (χ3v) is 2.93. The fourth-order valence-electron chi connectivity index (χ4n) is 1.83. The molecule has 5 nitrogen and oxygen atoms in total. The van der Waals surface area contributed by atoms with Crippen LogP contribution in [0.4, 0.5) is 5.69 Å². The number of hydrogen-bond donors (Lipinski definition) is 1. The summed E-state index contributed by atoms with van der Waals surface area (Å²) in [4.78, 5) is 11.7. The molecule has 106 valence electrons. The zero-order valence-electron chi connectivity index (χ0n) is 11.5. The van der Waals surface area contributed by atoms with E-state index in [0.29, 0.717) is 17.0 Å². The zero-order chi connectivity index (χ0) is 15.2. The monoisotopic (exact) mass is 282 g/mol. The van der Waals surface area contributed by atoms with Gasteiger partial charge in [-0.1, -0.05) is 18.2 Å². The quantitative estimate of drug-likeness (QED) is 0.688. The first-order valence-corrected chi connectivity index (χ1v) is 6.24. The summed E-state index contributed by atoms with van der Waals surface area (Å²) in [7, 11) is 1.29. The Balaban J connectivity index is 2.18. The van der Waals surface area contributed by atoms with Crippen molar-refractivity contribution in [3.05, 3.63) is 59.2 Å². The van der Waals surface area contributed by atoms with Crippen LogP contribution in [0.3, 0.4) is 0 Å². The Hall–Kier alpha value is -3.00. The van der Waals surface area contributed by atoms with Crippen LogP contribution in [0.25, 0.3) is 0 Å². The highest BCUT2D eigenvalue weighted by atomic mass is 16.5. The Morgan fingerprint density at radius 2 is 1.95 bits per heavy atom. The summed E-state index contributed by atoms with van der Waals surface area (Å²) in [5.41, 5.74) is 7.77. The molecule has 0 radical (unpaired) electrons. The number of anilines is 1. The van der Waals surface area contributed by atoms with E-state index in [1.807, 2.05) is 6.07 Å². The van der Waals surface area contributed by atoms with Crippen LogP contribution in [0.1, 0.15) is 21.5 Å². The van der Waals surface area contributed by atoms with Gasteiger partial charge in [-0.3, -0.25) is 0 Å². The first-order valence-electron chi connectivity index (χ1n) is 6.24. The number of nitriles is 1. The topological polar surface area (TPSA) is 85.3 Å². The van der Waals surface area contributed by atoms with Gasteiger partial charge in [-0.05, 0) is 29.8 Å². The van der Waals surface area contributed by atoms with Crippen LogP contribution < -0.4 is 10.5 Å². The number of methoxy groups -OCH3 is 1. The molecule has 21 heavy (non-hydrogen) atoms. The molecule has 0 aliphatic rings. The number of carbonyl (C=O) groups excluding carboxylic acids is 1. The van der Waals surface area contributed by atoms with Gasteiger partial charge in [0.2, 0.25) is 0 Å². The highest BCUT2D eigenvalue weighted by Gasteiger charge is 2.16. The summed E-state index contributed by atoms with van der Waals surface area (Å²) < 4.78 is 10.3. The fraction of sp³-hybridized carbons (Fsp3) is 0.125. The summed E-state index contributed by atoms with van der Waals surface area (Å²) in [6.45, 7) is 0.263. The molecule has 5 heteroatoms. The summed E-state index contributed by atoms with van der Waals surface area (Å²) >= 11 is 0. The van der Waals surface area contributed by atoms with E-state index >= 15 is 0 Å². The largest absolute Gasteiger partial charge is 0.488 e. The van der Waals surface area contributed by atoms with Crippen LogP contribution in [-0.4, -0.2) is 13.1 Å². The van der Waals surface area contributed by atoms with Crippen molar-refractivity contribution in [3.8, 4) is 11.8 Å². The molecule has 0 saturated carbocycles. The van der Waals surface area contributed by atoms with Gasteiger partial charge in [-0.2, -0.15) is 5.26 Å². The van der Waals surface area contributed by atoms with Crippen LogP contribution >= 0.6 is 0 Å². The molecule has 0 amide bonds. The summed E-state index contributed by atoms with van der Waals surface area (Å²) in [5.74, 6) is -0.172. The average molecular weight is 282 g/mol. The number of nitrogens with two attached hydrogens (primary N) is 1. The molecule has 0 unspecified atom stereocenters. The minimum atomic E-state index is -0.539. The molecule has 0 heterocycles. The molecule has 2 aromatic rings. The van der Waals surface area contributed by atoms with Crippen LogP contribution in [0.15, 0.2) is 42.5 Å². The summed E-state index contributed by atoms with van der Waals surface area (Å²) in [6, 6.07) is 14.0. The maximum absolute atomic E-state index is 11.7. The zero-order valence-corrected chi connectivity index (χ0v) is 11.5. The lowest BCUT2D eigenvalue weighted by Gasteiger charge is -2.12. The second-order valence-corrected chi connectivity index (χ2v) is 4.31. The third-order valence-electron chi connectivity index (χ3n) is 2.93. The number of benzene rings is 2. The van der Waals surface area contributed by atoms with Gasteiger partial charge >= 0.3 is 5.97 Å². The number of nitrogen functional groups attached to an aromatic ring is 1. The van der Waals surface area contributed by atoms with Crippen molar-refractivity contribution in [2.75, 3.05) is 12.8 Å². The molecular weight excluding hydrogens is 268 g/mol. The van der Waals surface area contributed by atoms with Gasteiger partial charge in [-0.25, -0.2) is 4.79 Å². The lowest BCUT2D eigenvalue weighted by molar-refractivity contribution is 0.0597. The van der Waals surface area contributed by atoms with Crippen LogP contribution in [-0.2, 0) is 11.3 Å². The van der Waals surface area contributed by atoms with E-state index in [4.69, 9.17) is 20.5 Å². The molecule has 0 fully saturated rings. The third kappa shape index (κ3) is 3.31. The van der Waals surface area contributed by atoms with Crippen LogP contribution in [0.5, 0.6) is 5.75 Å². The highest BCUT2D eigenvalue weighted by Crippen LogP contribution is 2.26. The Morgan fingerprint density at radius 1 is 1.24 bits per heavy atom. The molecule has 0 saturated heterocycles. The molecule has 0 aliphatic heterocycles. The van der Waals surface area contributed by atoms with E-state index in [2.05, 4.69) is 0 Å². The van der Waals surface area contributed by atoms with E-state index in [0.717, 1.165) is 5.56 Å². The van der Waals surface area contributed by atoms with Crippen molar-refractivity contribution >= 4 is 11.7 Å². The fourth-order valence-corrected chi connectivity index (χ4v) is 1.83. The van der Waals surface area contributed by atoms with Crippen LogP contribution in [0, 0.1) is 11.3 Å². The van der Waals surface area contributed by atoms with E-state index in [1.54, 1.807) is 42.5 Å². The van der Waals surface area contributed by atoms with Crippen molar-refractivity contribution in [3.63, 3.8) is 0 Å². The van der Waals surface area contributed by atoms with Gasteiger partial charge in [0.25, 0.3) is 0 Å². The second-order valence-electron chi connectivity index (χ2n) is 4.31. The van der Waals surface area contributed by atoms with E-state index in [-0.39, 0.29) is 12.2 Å². The normalized spacial score (nSPS) is 9.71. The molecule has 0 aliphatic carbocycles. The SMILES string of the molecule is COC(=O)c1c(N)cccc1OCc1ccc(C#N)cc1. The molecule has 2 aromatic carbocycles. The van der Waals surface area contributed by atoms with Crippen molar-refractivity contribution in [2.45, 2.75) is 6.61 Å². The number of rotatable bonds is 4. The number of ether oxygens (including phenoxy) is 2. The van der Waals surface area contributed by atoms with E-state index < -0.39 is 5.97 Å². The second kappa shape index (κ2) is 6.44. The molecule has 0 atom stereocenters. The van der Waals surface area contributed by atoms with Crippen molar-refractivity contribution in [1.82, 2.24) is 0 Å². The molecule has 0 bridgehead atoms. The molecule has 2 rings (SSSR count). The first-order chi connectivity index (χ1) is 10.2. The number of carbonyl (C=O) groups is 1. The van der Waals surface area contributed by atoms with Gasteiger partial charge in [0.1, 0.15) is 17.9 Å². The van der Waals surface area contributed by atoms with Gasteiger partial charge < -0.3 is 15.2 Å². The Bertz CT molecular complexity index is 688. The smallest absolute Gasteiger partial charge is 0.343 e. The van der Waals surface area contributed by atoms with E-state index in [9.17, 15) is 4.79 Å².